The molecule has 4 atom stereocenters. The van der Waals surface area contributed by atoms with Crippen LogP contribution in [0, 0.1) is 0 Å². The lowest BCUT2D eigenvalue weighted by Crippen LogP contribution is -2.51. The van der Waals surface area contributed by atoms with Gasteiger partial charge in [0.2, 0.25) is 0 Å². The highest BCUT2D eigenvalue weighted by atomic mass is 16.6. The van der Waals surface area contributed by atoms with Crippen molar-refractivity contribution >= 4 is 0 Å². The summed E-state index contributed by atoms with van der Waals surface area (Å²) in [5.74, 6) is 0. The summed E-state index contributed by atoms with van der Waals surface area (Å²) in [6, 6.07) is 0. The Balaban J connectivity index is 2.51. The van der Waals surface area contributed by atoms with Gasteiger partial charge in [0.1, 0.15) is 12.2 Å². The molecule has 0 saturated carbocycles. The number of hydrogen-bond acceptors (Lipinski definition) is 5. The highest BCUT2D eigenvalue weighted by Crippen LogP contribution is 2.17. The summed E-state index contributed by atoms with van der Waals surface area (Å²) in [4.78, 5) is 0. The summed E-state index contributed by atoms with van der Waals surface area (Å²) in [5, 5.41) is 27.2. The molecule has 1 saturated heterocycles. The Labute approximate surface area is 64.4 Å². The third kappa shape index (κ3) is 1.88. The van der Waals surface area contributed by atoms with E-state index in [1.165, 1.54) is 0 Å². The molecule has 1 heterocycles. The molecule has 5 nitrogen and oxygen atoms in total. The molecule has 1 fully saturated rings. The highest BCUT2D eigenvalue weighted by Gasteiger charge is 2.34. The molecule has 0 aromatic heterocycles. The van der Waals surface area contributed by atoms with Crippen molar-refractivity contribution in [1.29, 1.82) is 0 Å². The van der Waals surface area contributed by atoms with E-state index in [0.717, 1.165) is 0 Å². The molecule has 0 aromatic rings. The Kier molecular flexibility index (Phi) is 2.80. The standard InChI is InChI=1S/C6H13NO4/c7-2-4-6(10)3(8)1-5(9)11-4/h3-6,8-10H,1-2,7H2/t3-,4?,5+,6+/m1/s1. The first kappa shape index (κ1) is 8.89. The minimum Gasteiger partial charge on any atom is -0.390 e. The van der Waals surface area contributed by atoms with Crippen molar-refractivity contribution in [2.75, 3.05) is 6.54 Å². The topological polar surface area (TPSA) is 95.9 Å². The zero-order valence-electron chi connectivity index (χ0n) is 6.05. The first-order valence-electron chi connectivity index (χ1n) is 3.55. The maximum atomic E-state index is 9.19. The van der Waals surface area contributed by atoms with Gasteiger partial charge in [0.25, 0.3) is 0 Å². The van der Waals surface area contributed by atoms with Gasteiger partial charge < -0.3 is 25.8 Å². The molecule has 0 spiro atoms. The van der Waals surface area contributed by atoms with E-state index in [1.807, 2.05) is 0 Å². The van der Waals surface area contributed by atoms with E-state index in [1.54, 1.807) is 0 Å². The van der Waals surface area contributed by atoms with E-state index in [-0.39, 0.29) is 13.0 Å². The number of hydrogen-bond donors (Lipinski definition) is 4. The van der Waals surface area contributed by atoms with Crippen molar-refractivity contribution < 1.29 is 20.1 Å². The Hall–Kier alpha value is -0.200. The van der Waals surface area contributed by atoms with Crippen LogP contribution in [0.2, 0.25) is 0 Å². The zero-order valence-corrected chi connectivity index (χ0v) is 6.05. The predicted octanol–water partition coefficient (Wildman–Crippen LogP) is -2.23. The second-order valence-corrected chi connectivity index (χ2v) is 2.66. The van der Waals surface area contributed by atoms with Crippen LogP contribution in [0.1, 0.15) is 6.42 Å². The molecule has 1 aliphatic rings. The molecular formula is C6H13NO4. The SMILES string of the molecule is NCC1O[C@H](O)C[C@@H](O)[C@@H]1O. The molecule has 0 radical (unpaired) electrons. The fraction of sp³-hybridized carbons (Fsp3) is 1.00. The van der Waals surface area contributed by atoms with Crippen LogP contribution >= 0.6 is 0 Å². The summed E-state index contributed by atoms with van der Waals surface area (Å²) in [6.45, 7) is 0.0925. The van der Waals surface area contributed by atoms with Crippen molar-refractivity contribution in [3.63, 3.8) is 0 Å². The molecule has 1 unspecified atom stereocenters. The Morgan fingerprint density at radius 3 is 2.55 bits per heavy atom. The van der Waals surface area contributed by atoms with Gasteiger partial charge in [-0.2, -0.15) is 0 Å². The van der Waals surface area contributed by atoms with Crippen LogP contribution < -0.4 is 5.73 Å². The van der Waals surface area contributed by atoms with Crippen LogP contribution in [0.3, 0.4) is 0 Å². The minimum absolute atomic E-state index is 0.0394. The summed E-state index contributed by atoms with van der Waals surface area (Å²) in [5.41, 5.74) is 5.21. The predicted molar refractivity (Wildman–Crippen MR) is 36.6 cm³/mol. The molecule has 0 bridgehead atoms. The largest absolute Gasteiger partial charge is 0.390 e. The van der Waals surface area contributed by atoms with Crippen molar-refractivity contribution in [1.82, 2.24) is 0 Å². The summed E-state index contributed by atoms with van der Waals surface area (Å²) in [7, 11) is 0. The number of aliphatic hydroxyl groups excluding tert-OH is 3. The smallest absolute Gasteiger partial charge is 0.157 e. The quantitative estimate of drug-likeness (QED) is 0.351. The Bertz CT molecular complexity index is 132. The van der Waals surface area contributed by atoms with E-state index in [0.29, 0.717) is 0 Å². The molecule has 66 valence electrons. The Morgan fingerprint density at radius 1 is 1.36 bits per heavy atom. The van der Waals surface area contributed by atoms with E-state index >= 15 is 0 Å². The van der Waals surface area contributed by atoms with Gasteiger partial charge in [-0.3, -0.25) is 0 Å². The molecule has 11 heavy (non-hydrogen) atoms. The van der Waals surface area contributed by atoms with Gasteiger partial charge in [-0.25, -0.2) is 0 Å². The van der Waals surface area contributed by atoms with Crippen LogP contribution in [0.4, 0.5) is 0 Å². The lowest BCUT2D eigenvalue weighted by atomic mass is 10.0. The molecule has 0 aromatic carbocycles. The van der Waals surface area contributed by atoms with Crippen LogP contribution in [0.5, 0.6) is 0 Å². The van der Waals surface area contributed by atoms with Crippen LogP contribution in [0.15, 0.2) is 0 Å². The summed E-state index contributed by atoms with van der Waals surface area (Å²) >= 11 is 0. The zero-order chi connectivity index (χ0) is 8.43. The van der Waals surface area contributed by atoms with Gasteiger partial charge in [0.05, 0.1) is 6.10 Å². The van der Waals surface area contributed by atoms with E-state index in [9.17, 15) is 5.11 Å². The molecule has 0 aliphatic carbocycles. The fourth-order valence-electron chi connectivity index (χ4n) is 1.13. The summed E-state index contributed by atoms with van der Waals surface area (Å²) < 4.78 is 4.84. The third-order valence-electron chi connectivity index (χ3n) is 1.78. The van der Waals surface area contributed by atoms with Gasteiger partial charge in [-0.1, -0.05) is 0 Å². The molecule has 1 rings (SSSR count). The van der Waals surface area contributed by atoms with E-state index < -0.39 is 24.6 Å². The molecule has 5 N–H and O–H groups in total. The van der Waals surface area contributed by atoms with Crippen LogP contribution in [-0.2, 0) is 4.74 Å². The number of nitrogens with two attached hydrogens (primary N) is 1. The summed E-state index contributed by atoms with van der Waals surface area (Å²) in [6.07, 6.45) is -3.55. The molecule has 5 heteroatoms. The first-order chi connectivity index (χ1) is 5.15. The average Bonchev–Trinajstić information content (AvgIpc) is 1.96. The van der Waals surface area contributed by atoms with Gasteiger partial charge in [0, 0.05) is 13.0 Å². The van der Waals surface area contributed by atoms with Crippen LogP contribution in [-0.4, -0.2) is 46.5 Å². The first-order valence-corrected chi connectivity index (χ1v) is 3.55. The van der Waals surface area contributed by atoms with Gasteiger partial charge in [-0.15, -0.1) is 0 Å². The number of aliphatic hydroxyl groups is 3. The molecular weight excluding hydrogens is 150 g/mol. The normalized spacial score (nSPS) is 45.8. The highest BCUT2D eigenvalue weighted by molar-refractivity contribution is 4.82. The maximum absolute atomic E-state index is 9.19. The lowest BCUT2D eigenvalue weighted by molar-refractivity contribution is -0.228. The van der Waals surface area contributed by atoms with Crippen molar-refractivity contribution in [2.45, 2.75) is 31.0 Å². The van der Waals surface area contributed by atoms with Crippen molar-refractivity contribution in [2.24, 2.45) is 5.73 Å². The Morgan fingerprint density at radius 2 is 2.00 bits per heavy atom. The maximum Gasteiger partial charge on any atom is 0.157 e. The second kappa shape index (κ2) is 3.46. The van der Waals surface area contributed by atoms with Gasteiger partial charge in [-0.05, 0) is 0 Å². The van der Waals surface area contributed by atoms with Crippen LogP contribution in [0.25, 0.3) is 0 Å². The van der Waals surface area contributed by atoms with Crippen molar-refractivity contribution in [3.8, 4) is 0 Å². The van der Waals surface area contributed by atoms with Gasteiger partial charge in [0.15, 0.2) is 6.29 Å². The molecule has 0 amide bonds. The monoisotopic (exact) mass is 163 g/mol. The number of ether oxygens (including phenoxy) is 1. The minimum atomic E-state index is -1.01. The van der Waals surface area contributed by atoms with E-state index in [2.05, 4.69) is 0 Å². The fourth-order valence-corrected chi connectivity index (χ4v) is 1.13. The average molecular weight is 163 g/mol. The second-order valence-electron chi connectivity index (χ2n) is 2.66. The molecule has 1 aliphatic heterocycles. The third-order valence-corrected chi connectivity index (χ3v) is 1.78. The lowest BCUT2D eigenvalue weighted by Gasteiger charge is -2.34. The van der Waals surface area contributed by atoms with E-state index in [4.69, 9.17) is 20.7 Å². The number of rotatable bonds is 1. The van der Waals surface area contributed by atoms with Gasteiger partial charge >= 0.3 is 0 Å². The van der Waals surface area contributed by atoms with Crippen molar-refractivity contribution in [3.05, 3.63) is 0 Å².